The summed E-state index contributed by atoms with van der Waals surface area (Å²) in [6.07, 6.45) is 0. The molecule has 1 heterocycles. The number of primary amides is 1. The minimum atomic E-state index is -0.588. The van der Waals surface area contributed by atoms with Gasteiger partial charge in [0.05, 0.1) is 5.54 Å². The molecule has 1 unspecified atom stereocenters. The Bertz CT molecular complexity index is 389. The minimum absolute atomic E-state index is 0.148. The first-order valence-corrected chi connectivity index (χ1v) is 5.51. The molecule has 1 atom stereocenters. The summed E-state index contributed by atoms with van der Waals surface area (Å²) < 4.78 is 0. The molecule has 0 aliphatic carbocycles. The van der Waals surface area contributed by atoms with Crippen LogP contribution in [0.4, 0.5) is 5.82 Å². The van der Waals surface area contributed by atoms with Crippen molar-refractivity contribution in [3.63, 3.8) is 0 Å². The predicted molar refractivity (Wildman–Crippen MR) is 66.5 cm³/mol. The summed E-state index contributed by atoms with van der Waals surface area (Å²) in [6.45, 7) is 6.64. The second-order valence-electron chi connectivity index (χ2n) is 4.57. The van der Waals surface area contributed by atoms with E-state index in [0.29, 0.717) is 18.3 Å². The lowest BCUT2D eigenvalue weighted by atomic mass is 9.88. The van der Waals surface area contributed by atoms with Gasteiger partial charge in [0.15, 0.2) is 5.69 Å². The zero-order valence-corrected chi connectivity index (χ0v) is 10.4. The molecule has 0 saturated heterocycles. The number of carbonyl (C=O) groups excluding carboxylic acids is 1. The van der Waals surface area contributed by atoms with E-state index >= 15 is 0 Å². The molecule has 0 aliphatic rings. The lowest BCUT2D eigenvalue weighted by molar-refractivity contribution is 0.0994. The van der Waals surface area contributed by atoms with Crippen molar-refractivity contribution >= 4 is 11.7 Å². The summed E-state index contributed by atoms with van der Waals surface area (Å²) >= 11 is 0. The summed E-state index contributed by atoms with van der Waals surface area (Å²) in [4.78, 5) is 10.8. The normalized spacial score (nSPS) is 14.4. The largest absolute Gasteiger partial charge is 0.364 e. The lowest BCUT2D eigenvalue weighted by Gasteiger charge is -2.33. The van der Waals surface area contributed by atoms with Crippen LogP contribution in [-0.4, -0.2) is 28.2 Å². The first-order chi connectivity index (χ1) is 7.89. The third-order valence-corrected chi connectivity index (χ3v) is 3.03. The Hall–Kier alpha value is -1.69. The molecule has 0 aromatic carbocycles. The maximum absolute atomic E-state index is 10.8. The monoisotopic (exact) mass is 237 g/mol. The van der Waals surface area contributed by atoms with E-state index < -0.39 is 5.91 Å². The van der Waals surface area contributed by atoms with Gasteiger partial charge in [0.25, 0.3) is 5.91 Å². The van der Waals surface area contributed by atoms with Crippen LogP contribution in [0.3, 0.4) is 0 Å². The van der Waals surface area contributed by atoms with Crippen molar-refractivity contribution < 1.29 is 4.79 Å². The van der Waals surface area contributed by atoms with Gasteiger partial charge in [0, 0.05) is 6.54 Å². The van der Waals surface area contributed by atoms with E-state index in [9.17, 15) is 4.79 Å². The standard InChI is InChI=1S/C11H19N5O/c1-7(2)11(3,6-12)14-9-5-4-8(10(13)17)15-16-9/h4-5,7H,6,12H2,1-3H3,(H2,13,17)(H,14,16). The number of anilines is 1. The number of carbonyl (C=O) groups is 1. The minimum Gasteiger partial charge on any atom is -0.364 e. The van der Waals surface area contributed by atoms with Gasteiger partial charge in [-0.05, 0) is 25.0 Å². The zero-order chi connectivity index (χ0) is 13.1. The Morgan fingerprint density at radius 3 is 2.47 bits per heavy atom. The van der Waals surface area contributed by atoms with Gasteiger partial charge in [-0.2, -0.15) is 0 Å². The van der Waals surface area contributed by atoms with Crippen molar-refractivity contribution in [1.82, 2.24) is 10.2 Å². The fourth-order valence-electron chi connectivity index (χ4n) is 1.25. The van der Waals surface area contributed by atoms with Crippen LogP contribution in [0, 0.1) is 5.92 Å². The molecule has 0 saturated carbocycles. The molecule has 0 spiro atoms. The van der Waals surface area contributed by atoms with Gasteiger partial charge >= 0.3 is 0 Å². The molecule has 0 radical (unpaired) electrons. The average Bonchev–Trinajstić information content (AvgIpc) is 2.29. The number of amides is 1. The van der Waals surface area contributed by atoms with Crippen LogP contribution in [0.2, 0.25) is 0 Å². The maximum Gasteiger partial charge on any atom is 0.269 e. The Kier molecular flexibility index (Phi) is 4.01. The van der Waals surface area contributed by atoms with E-state index in [0.717, 1.165) is 0 Å². The van der Waals surface area contributed by atoms with Crippen LogP contribution in [0.15, 0.2) is 12.1 Å². The Balaban J connectivity index is 2.85. The number of hydrogen-bond acceptors (Lipinski definition) is 5. The molecule has 1 aromatic heterocycles. The molecule has 0 bridgehead atoms. The number of rotatable bonds is 5. The summed E-state index contributed by atoms with van der Waals surface area (Å²) in [7, 11) is 0. The third-order valence-electron chi connectivity index (χ3n) is 3.03. The molecule has 5 N–H and O–H groups in total. The predicted octanol–water partition coefficient (Wildman–Crippen LogP) is 0.361. The summed E-state index contributed by atoms with van der Waals surface area (Å²) in [5.41, 5.74) is 10.7. The molecule has 0 fully saturated rings. The van der Waals surface area contributed by atoms with Gasteiger partial charge in [0.1, 0.15) is 5.82 Å². The van der Waals surface area contributed by atoms with Gasteiger partial charge in [0.2, 0.25) is 0 Å². The van der Waals surface area contributed by atoms with Crippen LogP contribution in [0.1, 0.15) is 31.3 Å². The Morgan fingerprint density at radius 1 is 1.47 bits per heavy atom. The Morgan fingerprint density at radius 2 is 2.12 bits per heavy atom. The van der Waals surface area contributed by atoms with Crippen molar-refractivity contribution in [2.45, 2.75) is 26.3 Å². The van der Waals surface area contributed by atoms with Crippen molar-refractivity contribution in [3.8, 4) is 0 Å². The van der Waals surface area contributed by atoms with Crippen molar-refractivity contribution in [2.75, 3.05) is 11.9 Å². The maximum atomic E-state index is 10.8. The van der Waals surface area contributed by atoms with Crippen LogP contribution in [0.5, 0.6) is 0 Å². The first-order valence-electron chi connectivity index (χ1n) is 5.51. The van der Waals surface area contributed by atoms with Crippen molar-refractivity contribution in [1.29, 1.82) is 0 Å². The molecule has 1 rings (SSSR count). The van der Waals surface area contributed by atoms with Gasteiger partial charge in [-0.3, -0.25) is 4.79 Å². The second-order valence-corrected chi connectivity index (χ2v) is 4.57. The highest BCUT2D eigenvalue weighted by Crippen LogP contribution is 2.20. The quantitative estimate of drug-likeness (QED) is 0.685. The highest BCUT2D eigenvalue weighted by atomic mass is 16.1. The molecule has 6 nitrogen and oxygen atoms in total. The van der Waals surface area contributed by atoms with Crippen LogP contribution in [-0.2, 0) is 0 Å². The number of aromatic nitrogens is 2. The SMILES string of the molecule is CC(C)C(C)(CN)Nc1ccc(C(N)=O)nn1. The van der Waals surface area contributed by atoms with Gasteiger partial charge in [-0.15, -0.1) is 10.2 Å². The lowest BCUT2D eigenvalue weighted by Crippen LogP contribution is -2.47. The van der Waals surface area contributed by atoms with Crippen molar-refractivity contribution in [2.24, 2.45) is 17.4 Å². The number of nitrogens with zero attached hydrogens (tertiary/aromatic N) is 2. The summed E-state index contributed by atoms with van der Waals surface area (Å²) in [5, 5.41) is 10.8. The van der Waals surface area contributed by atoms with Crippen molar-refractivity contribution in [3.05, 3.63) is 17.8 Å². The first kappa shape index (κ1) is 13.4. The highest BCUT2D eigenvalue weighted by Gasteiger charge is 2.26. The highest BCUT2D eigenvalue weighted by molar-refractivity contribution is 5.90. The molecular weight excluding hydrogens is 218 g/mol. The molecule has 1 amide bonds. The fraction of sp³-hybridized carbons (Fsp3) is 0.545. The van der Waals surface area contributed by atoms with E-state index in [4.69, 9.17) is 11.5 Å². The summed E-state index contributed by atoms with van der Waals surface area (Å²) in [6, 6.07) is 3.21. The van der Waals surface area contributed by atoms with Gasteiger partial charge in [-0.25, -0.2) is 0 Å². The Labute approximate surface area is 101 Å². The molecule has 6 heteroatoms. The third kappa shape index (κ3) is 3.13. The van der Waals surface area contributed by atoms with Gasteiger partial charge < -0.3 is 16.8 Å². The average molecular weight is 237 g/mol. The van der Waals surface area contributed by atoms with E-state index in [1.807, 2.05) is 6.92 Å². The van der Waals surface area contributed by atoms with Crippen LogP contribution < -0.4 is 16.8 Å². The van der Waals surface area contributed by atoms with E-state index in [-0.39, 0.29) is 11.2 Å². The van der Waals surface area contributed by atoms with Crippen LogP contribution in [0.25, 0.3) is 0 Å². The smallest absolute Gasteiger partial charge is 0.269 e. The number of nitrogens with two attached hydrogens (primary N) is 2. The molecular formula is C11H19N5O. The van der Waals surface area contributed by atoms with Gasteiger partial charge in [-0.1, -0.05) is 13.8 Å². The second kappa shape index (κ2) is 5.09. The fourth-order valence-corrected chi connectivity index (χ4v) is 1.25. The topological polar surface area (TPSA) is 107 Å². The number of nitrogens with one attached hydrogen (secondary N) is 1. The van der Waals surface area contributed by atoms with E-state index in [1.165, 1.54) is 6.07 Å². The molecule has 0 aliphatic heterocycles. The molecule has 94 valence electrons. The van der Waals surface area contributed by atoms with E-state index in [2.05, 4.69) is 29.4 Å². The molecule has 1 aromatic rings. The molecule has 17 heavy (non-hydrogen) atoms. The van der Waals surface area contributed by atoms with Crippen LogP contribution >= 0.6 is 0 Å². The van der Waals surface area contributed by atoms with E-state index in [1.54, 1.807) is 6.07 Å². The zero-order valence-electron chi connectivity index (χ0n) is 10.4. The number of hydrogen-bond donors (Lipinski definition) is 3. The summed E-state index contributed by atoms with van der Waals surface area (Å²) in [5.74, 6) is 0.330.